The van der Waals surface area contributed by atoms with Crippen molar-refractivity contribution in [2.75, 3.05) is 0 Å². The van der Waals surface area contributed by atoms with E-state index >= 15 is 0 Å². The first kappa shape index (κ1) is 13.9. The summed E-state index contributed by atoms with van der Waals surface area (Å²) in [5, 5.41) is 9.45. The lowest BCUT2D eigenvalue weighted by molar-refractivity contribution is 0.235. The number of nitrogens with one attached hydrogen (secondary N) is 1. The van der Waals surface area contributed by atoms with Gasteiger partial charge < -0.3 is 0 Å². The first-order chi connectivity index (χ1) is 9.10. The van der Waals surface area contributed by atoms with E-state index in [1.54, 1.807) is 12.1 Å². The van der Waals surface area contributed by atoms with Crippen molar-refractivity contribution in [1.82, 2.24) is 10.5 Å². The molecule has 0 fully saturated rings. The number of benzene rings is 1. The van der Waals surface area contributed by atoms with Crippen molar-refractivity contribution in [3.63, 3.8) is 0 Å². The van der Waals surface area contributed by atoms with Crippen LogP contribution in [-0.4, -0.2) is 16.0 Å². The fourth-order valence-electron chi connectivity index (χ4n) is 1.35. The standard InChI is InChI=1S/C12H8BrClFN3O/c13-9-5-8(2-3-10(9)15)17-12(18-19)7-1-4-11(14)16-6-7/h1-6,19H,(H,17,18). The van der Waals surface area contributed by atoms with Crippen molar-refractivity contribution in [1.29, 1.82) is 0 Å². The predicted molar refractivity (Wildman–Crippen MR) is 74.5 cm³/mol. The molecule has 19 heavy (non-hydrogen) atoms. The number of hydrogen-bond donors (Lipinski definition) is 2. The summed E-state index contributed by atoms with van der Waals surface area (Å²) in [5.41, 5.74) is 3.00. The van der Waals surface area contributed by atoms with E-state index in [1.165, 1.54) is 24.4 Å². The molecule has 0 spiro atoms. The number of nitrogens with zero attached hydrogens (tertiary/aromatic N) is 2. The normalized spacial score (nSPS) is 11.5. The second-order valence-electron chi connectivity index (χ2n) is 3.54. The van der Waals surface area contributed by atoms with Crippen LogP contribution in [0.15, 0.2) is 46.0 Å². The van der Waals surface area contributed by atoms with E-state index < -0.39 is 0 Å². The van der Waals surface area contributed by atoms with Gasteiger partial charge >= 0.3 is 0 Å². The van der Waals surface area contributed by atoms with Crippen LogP contribution in [-0.2, 0) is 0 Å². The van der Waals surface area contributed by atoms with Gasteiger partial charge in [-0.05, 0) is 46.3 Å². The van der Waals surface area contributed by atoms with Crippen molar-refractivity contribution >= 4 is 39.1 Å². The average Bonchev–Trinajstić information content (AvgIpc) is 2.41. The zero-order chi connectivity index (χ0) is 13.8. The number of aromatic nitrogens is 1. The first-order valence-corrected chi connectivity index (χ1v) is 6.33. The van der Waals surface area contributed by atoms with Crippen molar-refractivity contribution in [3.8, 4) is 0 Å². The summed E-state index contributed by atoms with van der Waals surface area (Å²) in [6, 6.07) is 7.48. The molecule has 0 saturated carbocycles. The molecule has 2 aromatic rings. The fraction of sp³-hybridized carbons (Fsp3) is 0. The van der Waals surface area contributed by atoms with Crippen LogP contribution >= 0.6 is 27.5 Å². The zero-order valence-corrected chi connectivity index (χ0v) is 11.8. The van der Waals surface area contributed by atoms with Crippen LogP contribution in [0.4, 0.5) is 10.1 Å². The fourth-order valence-corrected chi connectivity index (χ4v) is 1.83. The zero-order valence-electron chi connectivity index (χ0n) is 9.44. The minimum Gasteiger partial charge on any atom is -0.290 e. The van der Waals surface area contributed by atoms with E-state index in [0.717, 1.165) is 0 Å². The Morgan fingerprint density at radius 3 is 2.74 bits per heavy atom. The van der Waals surface area contributed by atoms with Crippen LogP contribution < -0.4 is 5.48 Å². The van der Waals surface area contributed by atoms with Gasteiger partial charge in [-0.2, -0.15) is 0 Å². The Morgan fingerprint density at radius 2 is 2.16 bits per heavy atom. The second kappa shape index (κ2) is 6.10. The molecule has 0 radical (unpaired) electrons. The molecule has 0 aliphatic rings. The minimum atomic E-state index is -0.384. The monoisotopic (exact) mass is 343 g/mol. The van der Waals surface area contributed by atoms with Gasteiger partial charge in [0, 0.05) is 11.8 Å². The van der Waals surface area contributed by atoms with Crippen LogP contribution in [0.25, 0.3) is 0 Å². The van der Waals surface area contributed by atoms with Gasteiger partial charge in [-0.25, -0.2) is 14.4 Å². The molecule has 0 bridgehead atoms. The molecule has 0 aliphatic carbocycles. The number of hydrogen-bond acceptors (Lipinski definition) is 3. The number of amidine groups is 1. The highest BCUT2D eigenvalue weighted by Crippen LogP contribution is 2.22. The third-order valence-corrected chi connectivity index (χ3v) is 3.08. The van der Waals surface area contributed by atoms with Gasteiger partial charge in [-0.3, -0.25) is 10.7 Å². The number of pyridine rings is 1. The summed E-state index contributed by atoms with van der Waals surface area (Å²) < 4.78 is 13.4. The Balaban J connectivity index is 2.37. The highest BCUT2D eigenvalue weighted by Gasteiger charge is 2.05. The minimum absolute atomic E-state index is 0.183. The van der Waals surface area contributed by atoms with Crippen molar-refractivity contribution in [3.05, 3.63) is 57.5 Å². The Bertz CT molecular complexity index is 619. The number of rotatable bonds is 2. The van der Waals surface area contributed by atoms with Crippen LogP contribution in [0.5, 0.6) is 0 Å². The van der Waals surface area contributed by atoms with Gasteiger partial charge in [-0.1, -0.05) is 11.6 Å². The quantitative estimate of drug-likeness (QED) is 0.378. The molecule has 1 aromatic carbocycles. The van der Waals surface area contributed by atoms with E-state index in [-0.39, 0.29) is 11.7 Å². The van der Waals surface area contributed by atoms with E-state index in [0.29, 0.717) is 20.9 Å². The van der Waals surface area contributed by atoms with E-state index in [1.807, 2.05) is 5.48 Å². The maximum Gasteiger partial charge on any atom is 0.159 e. The largest absolute Gasteiger partial charge is 0.290 e. The lowest BCUT2D eigenvalue weighted by atomic mass is 10.2. The first-order valence-electron chi connectivity index (χ1n) is 5.16. The number of halogens is 3. The van der Waals surface area contributed by atoms with E-state index in [4.69, 9.17) is 16.8 Å². The molecule has 1 aromatic heterocycles. The summed E-state index contributed by atoms with van der Waals surface area (Å²) in [6.45, 7) is 0. The third-order valence-electron chi connectivity index (χ3n) is 2.25. The van der Waals surface area contributed by atoms with Crippen molar-refractivity contribution in [2.24, 2.45) is 4.99 Å². The number of hydroxylamine groups is 1. The van der Waals surface area contributed by atoms with Crippen LogP contribution in [0.2, 0.25) is 5.15 Å². The molecule has 0 amide bonds. The molecular formula is C12H8BrClFN3O. The highest BCUT2D eigenvalue weighted by atomic mass is 79.9. The van der Waals surface area contributed by atoms with Gasteiger partial charge in [0.15, 0.2) is 5.84 Å². The smallest absolute Gasteiger partial charge is 0.159 e. The highest BCUT2D eigenvalue weighted by molar-refractivity contribution is 9.10. The molecule has 0 unspecified atom stereocenters. The molecule has 2 rings (SSSR count). The molecule has 2 N–H and O–H groups in total. The van der Waals surface area contributed by atoms with Crippen LogP contribution in [0.1, 0.15) is 5.56 Å². The topological polar surface area (TPSA) is 57.5 Å². The lowest BCUT2D eigenvalue weighted by Gasteiger charge is -2.05. The molecule has 4 nitrogen and oxygen atoms in total. The van der Waals surface area contributed by atoms with Crippen molar-refractivity contribution in [2.45, 2.75) is 0 Å². The SMILES string of the molecule is ONC(=Nc1ccc(F)c(Br)c1)c1ccc(Cl)nc1. The average molecular weight is 345 g/mol. The van der Waals surface area contributed by atoms with E-state index in [2.05, 4.69) is 25.9 Å². The molecule has 0 atom stereocenters. The van der Waals surface area contributed by atoms with Crippen LogP contribution in [0.3, 0.4) is 0 Å². The summed E-state index contributed by atoms with van der Waals surface area (Å²) >= 11 is 8.74. The maximum absolute atomic E-state index is 13.1. The molecule has 98 valence electrons. The van der Waals surface area contributed by atoms with Crippen molar-refractivity contribution < 1.29 is 9.60 Å². The van der Waals surface area contributed by atoms with Gasteiger partial charge in [0.25, 0.3) is 0 Å². The van der Waals surface area contributed by atoms with Gasteiger partial charge in [0.2, 0.25) is 0 Å². The summed E-state index contributed by atoms with van der Waals surface area (Å²) in [7, 11) is 0. The predicted octanol–water partition coefficient (Wildman–Crippen LogP) is 3.69. The molecule has 1 heterocycles. The Hall–Kier alpha value is -1.50. The maximum atomic E-state index is 13.1. The third kappa shape index (κ3) is 3.50. The summed E-state index contributed by atoms with van der Waals surface area (Å²) in [5.74, 6) is -0.201. The van der Waals surface area contributed by atoms with Crippen LogP contribution in [0, 0.1) is 5.82 Å². The summed E-state index contributed by atoms with van der Waals surface area (Å²) in [4.78, 5) is 8.04. The second-order valence-corrected chi connectivity index (χ2v) is 4.78. The van der Waals surface area contributed by atoms with E-state index in [9.17, 15) is 4.39 Å². The lowest BCUT2D eigenvalue weighted by Crippen LogP contribution is -2.20. The molecular weight excluding hydrogens is 337 g/mol. The van der Waals surface area contributed by atoms with Gasteiger partial charge in [-0.15, -0.1) is 0 Å². The summed E-state index contributed by atoms with van der Waals surface area (Å²) in [6.07, 6.45) is 1.46. The molecule has 0 saturated heterocycles. The Kier molecular flexibility index (Phi) is 4.47. The molecule has 7 heteroatoms. The Morgan fingerprint density at radius 1 is 1.37 bits per heavy atom. The Labute approximate surface area is 122 Å². The van der Waals surface area contributed by atoms with Gasteiger partial charge in [0.05, 0.1) is 10.2 Å². The van der Waals surface area contributed by atoms with Gasteiger partial charge in [0.1, 0.15) is 11.0 Å². The molecule has 0 aliphatic heterocycles. The number of aliphatic imine (C=N–C) groups is 1.